The first-order chi connectivity index (χ1) is 7.91. The average molecular weight is 234 g/mol. The van der Waals surface area contributed by atoms with E-state index in [0.717, 1.165) is 12.8 Å². The Morgan fingerprint density at radius 2 is 2.12 bits per heavy atom. The van der Waals surface area contributed by atoms with Crippen LogP contribution in [0.5, 0.6) is 0 Å². The van der Waals surface area contributed by atoms with E-state index in [9.17, 15) is 4.79 Å². The Labute approximate surface area is 103 Å². The highest BCUT2D eigenvalue weighted by Gasteiger charge is 2.39. The van der Waals surface area contributed by atoms with Crippen LogP contribution in [0.15, 0.2) is 12.4 Å². The van der Waals surface area contributed by atoms with Gasteiger partial charge in [0.05, 0.1) is 6.20 Å². The predicted octanol–water partition coefficient (Wildman–Crippen LogP) is 2.70. The maximum Gasteiger partial charge on any atom is 0.137 e. The summed E-state index contributed by atoms with van der Waals surface area (Å²) < 4.78 is 1.81. The van der Waals surface area contributed by atoms with E-state index in [2.05, 4.69) is 25.9 Å². The van der Waals surface area contributed by atoms with Gasteiger partial charge in [-0.1, -0.05) is 20.8 Å². The SMILES string of the molecule is CC1CCC(C(C)(C)c2cnn(C)c2)C(=O)C1. The second-order valence-corrected chi connectivity index (χ2v) is 6.03. The fraction of sp³-hybridized carbons (Fsp3) is 0.714. The van der Waals surface area contributed by atoms with E-state index in [1.54, 1.807) is 0 Å². The zero-order valence-corrected chi connectivity index (χ0v) is 11.2. The number of aromatic nitrogens is 2. The van der Waals surface area contributed by atoms with Gasteiger partial charge in [-0.3, -0.25) is 9.48 Å². The second kappa shape index (κ2) is 4.28. The summed E-state index contributed by atoms with van der Waals surface area (Å²) in [6, 6.07) is 0. The molecule has 2 unspecified atom stereocenters. The second-order valence-electron chi connectivity index (χ2n) is 6.03. The van der Waals surface area contributed by atoms with Crippen LogP contribution < -0.4 is 0 Å². The number of carbonyl (C=O) groups is 1. The van der Waals surface area contributed by atoms with E-state index in [0.29, 0.717) is 11.7 Å². The summed E-state index contributed by atoms with van der Waals surface area (Å²) in [6.45, 7) is 6.51. The highest BCUT2D eigenvalue weighted by molar-refractivity contribution is 5.83. The number of aryl methyl sites for hydroxylation is 1. The summed E-state index contributed by atoms with van der Waals surface area (Å²) in [4.78, 5) is 12.2. The molecule has 0 spiro atoms. The normalized spacial score (nSPS) is 26.2. The third-order valence-electron chi connectivity index (χ3n) is 4.21. The first-order valence-electron chi connectivity index (χ1n) is 6.43. The molecule has 1 aromatic heterocycles. The number of Topliss-reactive ketones (excluding diaryl/α,β-unsaturated/α-hetero) is 1. The smallest absolute Gasteiger partial charge is 0.137 e. The van der Waals surface area contributed by atoms with Crippen molar-refractivity contribution in [3.63, 3.8) is 0 Å². The molecule has 1 fully saturated rings. The Morgan fingerprint density at radius 3 is 2.65 bits per heavy atom. The van der Waals surface area contributed by atoms with Crippen LogP contribution in [-0.4, -0.2) is 15.6 Å². The van der Waals surface area contributed by atoms with Crippen LogP contribution in [0.4, 0.5) is 0 Å². The number of hydrogen-bond donors (Lipinski definition) is 0. The molecule has 0 radical (unpaired) electrons. The topological polar surface area (TPSA) is 34.9 Å². The van der Waals surface area contributed by atoms with E-state index in [4.69, 9.17) is 0 Å². The van der Waals surface area contributed by atoms with Gasteiger partial charge in [-0.05, 0) is 24.3 Å². The van der Waals surface area contributed by atoms with Gasteiger partial charge in [0.2, 0.25) is 0 Å². The van der Waals surface area contributed by atoms with Crippen molar-refractivity contribution in [3.05, 3.63) is 18.0 Å². The van der Waals surface area contributed by atoms with Crippen LogP contribution in [0.25, 0.3) is 0 Å². The molecule has 0 aliphatic heterocycles. The van der Waals surface area contributed by atoms with Gasteiger partial charge in [0.15, 0.2) is 0 Å². The van der Waals surface area contributed by atoms with Gasteiger partial charge in [-0.15, -0.1) is 0 Å². The Kier molecular flexibility index (Phi) is 3.11. The van der Waals surface area contributed by atoms with Gasteiger partial charge in [0, 0.05) is 31.0 Å². The van der Waals surface area contributed by atoms with Crippen molar-refractivity contribution in [2.45, 2.75) is 45.4 Å². The molecule has 0 N–H and O–H groups in total. The van der Waals surface area contributed by atoms with Gasteiger partial charge in [-0.2, -0.15) is 5.10 Å². The molecule has 0 bridgehead atoms. The van der Waals surface area contributed by atoms with Gasteiger partial charge in [0.25, 0.3) is 0 Å². The number of ketones is 1. The Bertz CT molecular complexity index is 420. The summed E-state index contributed by atoms with van der Waals surface area (Å²) >= 11 is 0. The standard InChI is InChI=1S/C14H22N2O/c1-10-5-6-12(13(17)7-10)14(2,3)11-8-15-16(4)9-11/h8-10,12H,5-7H2,1-4H3. The zero-order chi connectivity index (χ0) is 12.6. The molecule has 1 heterocycles. The quantitative estimate of drug-likeness (QED) is 0.788. The molecule has 2 atom stereocenters. The zero-order valence-electron chi connectivity index (χ0n) is 11.2. The summed E-state index contributed by atoms with van der Waals surface area (Å²) in [7, 11) is 1.92. The van der Waals surface area contributed by atoms with E-state index in [1.807, 2.05) is 24.1 Å². The van der Waals surface area contributed by atoms with Crippen molar-refractivity contribution in [1.82, 2.24) is 9.78 Å². The maximum atomic E-state index is 12.2. The number of carbonyl (C=O) groups excluding carboxylic acids is 1. The first-order valence-corrected chi connectivity index (χ1v) is 6.43. The molecule has 94 valence electrons. The largest absolute Gasteiger partial charge is 0.299 e. The number of hydrogen-bond acceptors (Lipinski definition) is 2. The molecule has 0 amide bonds. The van der Waals surface area contributed by atoms with Gasteiger partial charge >= 0.3 is 0 Å². The van der Waals surface area contributed by atoms with Crippen LogP contribution >= 0.6 is 0 Å². The molecule has 0 saturated heterocycles. The minimum absolute atomic E-state index is 0.0918. The molecule has 1 aliphatic rings. The Hall–Kier alpha value is -1.12. The molecule has 3 nitrogen and oxygen atoms in total. The lowest BCUT2D eigenvalue weighted by atomic mass is 9.66. The van der Waals surface area contributed by atoms with E-state index in [-0.39, 0.29) is 11.3 Å². The molecule has 1 saturated carbocycles. The van der Waals surface area contributed by atoms with E-state index < -0.39 is 0 Å². The van der Waals surface area contributed by atoms with Crippen molar-refractivity contribution < 1.29 is 4.79 Å². The van der Waals surface area contributed by atoms with Gasteiger partial charge in [0.1, 0.15) is 5.78 Å². The molecular formula is C14H22N2O. The molecule has 2 rings (SSSR count). The molecule has 1 aliphatic carbocycles. The highest BCUT2D eigenvalue weighted by atomic mass is 16.1. The summed E-state index contributed by atoms with van der Waals surface area (Å²) in [5.74, 6) is 1.14. The monoisotopic (exact) mass is 234 g/mol. The summed E-state index contributed by atoms with van der Waals surface area (Å²) in [5.41, 5.74) is 1.08. The van der Waals surface area contributed by atoms with Crippen LogP contribution in [0.1, 0.15) is 45.6 Å². The lowest BCUT2D eigenvalue weighted by molar-refractivity contribution is -0.128. The molecule has 1 aromatic rings. The maximum absolute atomic E-state index is 12.2. The summed E-state index contributed by atoms with van der Waals surface area (Å²) in [5, 5.41) is 4.22. The van der Waals surface area contributed by atoms with Crippen molar-refractivity contribution >= 4 is 5.78 Å². The minimum Gasteiger partial charge on any atom is -0.299 e. The number of rotatable bonds is 2. The fourth-order valence-electron chi connectivity index (χ4n) is 2.92. The van der Waals surface area contributed by atoms with Gasteiger partial charge in [-0.25, -0.2) is 0 Å². The molecule has 0 aromatic carbocycles. The van der Waals surface area contributed by atoms with Crippen molar-refractivity contribution in [2.75, 3.05) is 0 Å². The molecule has 17 heavy (non-hydrogen) atoms. The lowest BCUT2D eigenvalue weighted by Crippen LogP contribution is -2.38. The third-order valence-corrected chi connectivity index (χ3v) is 4.21. The average Bonchev–Trinajstić information content (AvgIpc) is 2.64. The highest BCUT2D eigenvalue weighted by Crippen LogP contribution is 2.40. The van der Waals surface area contributed by atoms with E-state index >= 15 is 0 Å². The lowest BCUT2D eigenvalue weighted by Gasteiger charge is -2.36. The Morgan fingerprint density at radius 1 is 1.41 bits per heavy atom. The van der Waals surface area contributed by atoms with Crippen LogP contribution in [0, 0.1) is 11.8 Å². The number of nitrogens with zero attached hydrogens (tertiary/aromatic N) is 2. The predicted molar refractivity (Wildman–Crippen MR) is 67.7 cm³/mol. The molecular weight excluding hydrogens is 212 g/mol. The fourth-order valence-corrected chi connectivity index (χ4v) is 2.92. The van der Waals surface area contributed by atoms with Crippen molar-refractivity contribution in [3.8, 4) is 0 Å². The van der Waals surface area contributed by atoms with Crippen molar-refractivity contribution in [1.29, 1.82) is 0 Å². The third kappa shape index (κ3) is 2.28. The van der Waals surface area contributed by atoms with Crippen molar-refractivity contribution in [2.24, 2.45) is 18.9 Å². The van der Waals surface area contributed by atoms with Crippen LogP contribution in [0.3, 0.4) is 0 Å². The van der Waals surface area contributed by atoms with Gasteiger partial charge < -0.3 is 0 Å². The van der Waals surface area contributed by atoms with Crippen LogP contribution in [-0.2, 0) is 17.3 Å². The van der Waals surface area contributed by atoms with E-state index in [1.165, 1.54) is 12.0 Å². The first kappa shape index (κ1) is 12.3. The Balaban J connectivity index is 2.23. The minimum atomic E-state index is -0.0918. The molecule has 3 heteroatoms. The van der Waals surface area contributed by atoms with Crippen LogP contribution in [0.2, 0.25) is 0 Å². The summed E-state index contributed by atoms with van der Waals surface area (Å²) in [6.07, 6.45) is 6.85.